The van der Waals surface area contributed by atoms with Crippen LogP contribution in [0.2, 0.25) is 5.02 Å². The Kier molecular flexibility index (Phi) is 5.72. The molecular formula is C17H20ClNO6S. The molecule has 1 aliphatic heterocycles. The number of hydrogen-bond acceptors (Lipinski definition) is 6. The summed E-state index contributed by atoms with van der Waals surface area (Å²) in [5.41, 5.74) is 0. The molecule has 2 fully saturated rings. The summed E-state index contributed by atoms with van der Waals surface area (Å²) < 4.78 is 33.6. The SMILES string of the molecule is O=C(COc1ccccc1Cl)OCC(=O)N(C1CC1)[C@@H]1CCS(=O)(=O)C1. The maximum absolute atomic E-state index is 12.4. The zero-order valence-corrected chi connectivity index (χ0v) is 15.7. The number of benzene rings is 1. The Hall–Kier alpha value is -1.80. The molecule has 0 N–H and O–H groups in total. The molecule has 1 saturated heterocycles. The van der Waals surface area contributed by atoms with Crippen molar-refractivity contribution in [2.45, 2.75) is 31.3 Å². The zero-order chi connectivity index (χ0) is 18.7. The summed E-state index contributed by atoms with van der Waals surface area (Å²) in [4.78, 5) is 25.8. The fraction of sp³-hybridized carbons (Fsp3) is 0.529. The number of ether oxygens (including phenoxy) is 2. The highest BCUT2D eigenvalue weighted by molar-refractivity contribution is 7.91. The molecule has 0 unspecified atom stereocenters. The first-order valence-corrected chi connectivity index (χ1v) is 10.6. The Morgan fingerprint density at radius 2 is 1.85 bits per heavy atom. The molecule has 7 nitrogen and oxygen atoms in total. The van der Waals surface area contributed by atoms with E-state index >= 15 is 0 Å². The Morgan fingerprint density at radius 1 is 1.12 bits per heavy atom. The van der Waals surface area contributed by atoms with Crippen LogP contribution in [0.4, 0.5) is 0 Å². The Morgan fingerprint density at radius 3 is 2.46 bits per heavy atom. The molecule has 1 amide bonds. The summed E-state index contributed by atoms with van der Waals surface area (Å²) in [6.07, 6.45) is 2.14. The average molecular weight is 402 g/mol. The fourth-order valence-electron chi connectivity index (χ4n) is 3.01. The number of amides is 1. The van der Waals surface area contributed by atoms with E-state index in [0.29, 0.717) is 17.2 Å². The molecule has 0 spiro atoms. The van der Waals surface area contributed by atoms with Gasteiger partial charge in [0.15, 0.2) is 23.1 Å². The molecule has 1 aromatic carbocycles. The molecule has 1 heterocycles. The molecule has 0 aromatic heterocycles. The summed E-state index contributed by atoms with van der Waals surface area (Å²) in [5.74, 6) is -0.611. The van der Waals surface area contributed by atoms with Gasteiger partial charge < -0.3 is 14.4 Å². The van der Waals surface area contributed by atoms with Crippen LogP contribution in [0.25, 0.3) is 0 Å². The number of carbonyl (C=O) groups is 2. The van der Waals surface area contributed by atoms with Gasteiger partial charge in [0.2, 0.25) is 0 Å². The number of hydrogen-bond donors (Lipinski definition) is 0. The second-order valence-corrected chi connectivity index (χ2v) is 9.10. The van der Waals surface area contributed by atoms with Crippen molar-refractivity contribution >= 4 is 33.3 Å². The fourth-order valence-corrected chi connectivity index (χ4v) is 4.91. The molecule has 1 aromatic rings. The van der Waals surface area contributed by atoms with E-state index in [1.54, 1.807) is 29.2 Å². The Balaban J connectivity index is 1.49. The van der Waals surface area contributed by atoms with Gasteiger partial charge in [-0.2, -0.15) is 0 Å². The smallest absolute Gasteiger partial charge is 0.344 e. The number of rotatable bonds is 7. The van der Waals surface area contributed by atoms with Gasteiger partial charge in [-0.05, 0) is 31.4 Å². The lowest BCUT2D eigenvalue weighted by atomic mass is 10.2. The average Bonchev–Trinajstić information content (AvgIpc) is 3.35. The van der Waals surface area contributed by atoms with Gasteiger partial charge in [0, 0.05) is 12.1 Å². The van der Waals surface area contributed by atoms with E-state index in [1.807, 2.05) is 0 Å². The third-order valence-corrected chi connectivity index (χ3v) is 6.43. The maximum atomic E-state index is 12.4. The van der Waals surface area contributed by atoms with E-state index in [9.17, 15) is 18.0 Å². The highest BCUT2D eigenvalue weighted by Gasteiger charge is 2.42. The van der Waals surface area contributed by atoms with Crippen LogP contribution in [0.15, 0.2) is 24.3 Å². The number of sulfone groups is 1. The predicted octanol–water partition coefficient (Wildman–Crippen LogP) is 1.44. The van der Waals surface area contributed by atoms with Crippen LogP contribution >= 0.6 is 11.6 Å². The summed E-state index contributed by atoms with van der Waals surface area (Å²) in [5, 5.41) is 0.374. The molecule has 0 bridgehead atoms. The summed E-state index contributed by atoms with van der Waals surface area (Å²) >= 11 is 5.93. The van der Waals surface area contributed by atoms with Crippen LogP contribution in [0.5, 0.6) is 5.75 Å². The number of esters is 1. The van der Waals surface area contributed by atoms with Gasteiger partial charge in [0.25, 0.3) is 5.91 Å². The van der Waals surface area contributed by atoms with Crippen LogP contribution in [0, 0.1) is 0 Å². The number of carbonyl (C=O) groups excluding carboxylic acids is 2. The Labute approximate surface area is 157 Å². The van der Waals surface area contributed by atoms with Gasteiger partial charge in [0.05, 0.1) is 16.5 Å². The lowest BCUT2D eigenvalue weighted by Crippen LogP contribution is -2.45. The first kappa shape index (κ1) is 19.0. The highest BCUT2D eigenvalue weighted by atomic mass is 35.5. The van der Waals surface area contributed by atoms with Crippen LogP contribution in [0.1, 0.15) is 19.3 Å². The number of nitrogens with zero attached hydrogens (tertiary/aromatic N) is 1. The summed E-state index contributed by atoms with van der Waals surface area (Å²) in [6, 6.07) is 6.45. The third-order valence-electron chi connectivity index (χ3n) is 4.37. The van der Waals surface area contributed by atoms with Crippen molar-refractivity contribution in [3.05, 3.63) is 29.3 Å². The van der Waals surface area contributed by atoms with Gasteiger partial charge in [-0.25, -0.2) is 13.2 Å². The standard InChI is InChI=1S/C17H20ClNO6S/c18-14-3-1-2-4-15(14)24-10-17(21)25-9-16(20)19(12-5-6-12)13-7-8-26(22,23)11-13/h1-4,12-13H,5-11H2/t13-/m1/s1. The van der Waals surface area contributed by atoms with Gasteiger partial charge in [-0.1, -0.05) is 23.7 Å². The zero-order valence-electron chi connectivity index (χ0n) is 14.1. The number of halogens is 1. The van der Waals surface area contributed by atoms with Crippen molar-refractivity contribution in [2.24, 2.45) is 0 Å². The lowest BCUT2D eigenvalue weighted by molar-refractivity contribution is -0.154. The predicted molar refractivity (Wildman–Crippen MR) is 94.8 cm³/mol. The molecule has 26 heavy (non-hydrogen) atoms. The van der Waals surface area contributed by atoms with Crippen LogP contribution in [-0.2, 0) is 24.2 Å². The molecule has 2 aliphatic rings. The topological polar surface area (TPSA) is 90.0 Å². The van der Waals surface area contributed by atoms with E-state index in [4.69, 9.17) is 21.1 Å². The van der Waals surface area contributed by atoms with Crippen molar-refractivity contribution in [1.29, 1.82) is 0 Å². The first-order chi connectivity index (χ1) is 12.4. The van der Waals surface area contributed by atoms with Crippen LogP contribution in [-0.4, -0.2) is 62.0 Å². The quantitative estimate of drug-likeness (QED) is 0.642. The van der Waals surface area contributed by atoms with Crippen molar-refractivity contribution in [3.63, 3.8) is 0 Å². The molecular weight excluding hydrogens is 382 g/mol. The van der Waals surface area contributed by atoms with E-state index in [0.717, 1.165) is 12.8 Å². The molecule has 0 radical (unpaired) electrons. The molecule has 1 atom stereocenters. The second-order valence-electron chi connectivity index (χ2n) is 6.47. The maximum Gasteiger partial charge on any atom is 0.344 e. The Bertz CT molecular complexity index is 792. The van der Waals surface area contributed by atoms with Crippen molar-refractivity contribution in [3.8, 4) is 5.75 Å². The van der Waals surface area contributed by atoms with Gasteiger partial charge in [0.1, 0.15) is 5.75 Å². The van der Waals surface area contributed by atoms with E-state index in [1.165, 1.54) is 0 Å². The van der Waals surface area contributed by atoms with Gasteiger partial charge in [-0.3, -0.25) is 4.79 Å². The van der Waals surface area contributed by atoms with E-state index in [-0.39, 0.29) is 36.1 Å². The van der Waals surface area contributed by atoms with Gasteiger partial charge >= 0.3 is 5.97 Å². The van der Waals surface area contributed by atoms with E-state index in [2.05, 4.69) is 0 Å². The van der Waals surface area contributed by atoms with E-state index < -0.39 is 22.4 Å². The van der Waals surface area contributed by atoms with Crippen molar-refractivity contribution in [1.82, 2.24) is 4.90 Å². The molecule has 3 rings (SSSR count). The molecule has 142 valence electrons. The summed E-state index contributed by atoms with van der Waals surface area (Å²) in [6.45, 7) is -0.782. The number of para-hydroxylation sites is 1. The minimum Gasteiger partial charge on any atom is -0.480 e. The van der Waals surface area contributed by atoms with Gasteiger partial charge in [-0.15, -0.1) is 0 Å². The normalized spacial score (nSPS) is 21.2. The first-order valence-electron chi connectivity index (χ1n) is 8.40. The van der Waals surface area contributed by atoms with Crippen molar-refractivity contribution < 1.29 is 27.5 Å². The molecule has 9 heteroatoms. The minimum atomic E-state index is -3.09. The molecule has 1 saturated carbocycles. The third kappa shape index (κ3) is 4.88. The van der Waals surface area contributed by atoms with Crippen LogP contribution in [0.3, 0.4) is 0 Å². The minimum absolute atomic E-state index is 0.0151. The highest BCUT2D eigenvalue weighted by Crippen LogP contribution is 2.32. The van der Waals surface area contributed by atoms with Crippen molar-refractivity contribution in [2.75, 3.05) is 24.7 Å². The second kappa shape index (κ2) is 7.84. The van der Waals surface area contributed by atoms with Crippen LogP contribution < -0.4 is 4.74 Å². The monoisotopic (exact) mass is 401 g/mol. The molecule has 1 aliphatic carbocycles. The lowest BCUT2D eigenvalue weighted by Gasteiger charge is -2.28. The largest absolute Gasteiger partial charge is 0.480 e. The summed E-state index contributed by atoms with van der Waals surface area (Å²) in [7, 11) is -3.09.